The highest BCUT2D eigenvalue weighted by Gasteiger charge is 2.12. The summed E-state index contributed by atoms with van der Waals surface area (Å²) >= 11 is 1.52. The molecule has 0 unspecified atom stereocenters. The molecular formula is C15H14FNOS. The van der Waals surface area contributed by atoms with Crippen LogP contribution in [0.4, 0.5) is 4.39 Å². The molecule has 1 amide bonds. The molecule has 0 bridgehead atoms. The number of carbonyl (C=O) groups excluding carboxylic acids is 1. The molecule has 0 saturated heterocycles. The van der Waals surface area contributed by atoms with Gasteiger partial charge in [0.15, 0.2) is 0 Å². The van der Waals surface area contributed by atoms with Crippen molar-refractivity contribution in [2.45, 2.75) is 17.2 Å². The highest BCUT2D eigenvalue weighted by molar-refractivity contribution is 7.99. The summed E-state index contributed by atoms with van der Waals surface area (Å²) in [5.74, 6) is -0.283. The third-order valence-corrected chi connectivity index (χ3v) is 3.86. The van der Waals surface area contributed by atoms with Crippen molar-refractivity contribution in [3.63, 3.8) is 0 Å². The number of nitrogens with one attached hydrogen (secondary N) is 1. The van der Waals surface area contributed by atoms with E-state index in [9.17, 15) is 9.18 Å². The van der Waals surface area contributed by atoms with Gasteiger partial charge < -0.3 is 5.32 Å². The predicted octanol–water partition coefficient (Wildman–Crippen LogP) is 3.67. The number of amides is 1. The second-order valence-corrected chi connectivity index (χ2v) is 5.33. The lowest BCUT2D eigenvalue weighted by molar-refractivity contribution is -0.109. The fourth-order valence-electron chi connectivity index (χ4n) is 1.65. The topological polar surface area (TPSA) is 29.1 Å². The van der Waals surface area contributed by atoms with Gasteiger partial charge in [-0.15, -0.1) is 0 Å². The second-order valence-electron chi connectivity index (χ2n) is 4.15. The van der Waals surface area contributed by atoms with Crippen LogP contribution in [-0.4, -0.2) is 6.41 Å². The van der Waals surface area contributed by atoms with E-state index in [1.54, 1.807) is 12.1 Å². The van der Waals surface area contributed by atoms with E-state index >= 15 is 0 Å². The maximum absolute atomic E-state index is 12.9. The lowest BCUT2D eigenvalue weighted by atomic mass is 10.2. The van der Waals surface area contributed by atoms with Gasteiger partial charge in [-0.1, -0.05) is 41.6 Å². The van der Waals surface area contributed by atoms with E-state index in [0.29, 0.717) is 6.41 Å². The third-order valence-electron chi connectivity index (χ3n) is 2.67. The molecule has 0 saturated carbocycles. The van der Waals surface area contributed by atoms with Crippen molar-refractivity contribution in [2.75, 3.05) is 0 Å². The Morgan fingerprint density at radius 2 is 1.74 bits per heavy atom. The zero-order valence-electron chi connectivity index (χ0n) is 10.5. The van der Waals surface area contributed by atoms with Crippen LogP contribution in [0.3, 0.4) is 0 Å². The average Bonchev–Trinajstić information content (AvgIpc) is 2.42. The number of hydrogen-bond donors (Lipinski definition) is 1. The van der Waals surface area contributed by atoms with Crippen molar-refractivity contribution in [2.24, 2.45) is 0 Å². The molecule has 2 aromatic rings. The van der Waals surface area contributed by atoms with Crippen molar-refractivity contribution in [3.8, 4) is 0 Å². The van der Waals surface area contributed by atoms with Crippen LogP contribution in [-0.2, 0) is 4.79 Å². The molecule has 2 aromatic carbocycles. The molecule has 0 aliphatic carbocycles. The summed E-state index contributed by atoms with van der Waals surface area (Å²) < 4.78 is 12.9. The number of aryl methyl sites for hydroxylation is 1. The number of halogens is 1. The quantitative estimate of drug-likeness (QED) is 0.512. The van der Waals surface area contributed by atoms with Crippen LogP contribution in [0, 0.1) is 12.7 Å². The number of carbonyl (C=O) groups is 1. The molecule has 0 fully saturated rings. The van der Waals surface area contributed by atoms with Crippen molar-refractivity contribution in [1.82, 2.24) is 5.32 Å². The Bertz CT molecular complexity index is 539. The van der Waals surface area contributed by atoms with Crippen molar-refractivity contribution < 1.29 is 9.18 Å². The molecule has 0 spiro atoms. The van der Waals surface area contributed by atoms with E-state index in [-0.39, 0.29) is 11.2 Å². The van der Waals surface area contributed by atoms with Crippen LogP contribution in [0.25, 0.3) is 0 Å². The Kier molecular flexibility index (Phi) is 4.58. The number of thioether (sulfide) groups is 1. The lowest BCUT2D eigenvalue weighted by Crippen LogP contribution is -2.16. The van der Waals surface area contributed by atoms with Gasteiger partial charge >= 0.3 is 0 Å². The van der Waals surface area contributed by atoms with Gasteiger partial charge in [-0.05, 0) is 36.8 Å². The second kappa shape index (κ2) is 6.38. The molecule has 0 aliphatic heterocycles. The summed E-state index contributed by atoms with van der Waals surface area (Å²) in [6, 6.07) is 14.2. The van der Waals surface area contributed by atoms with Gasteiger partial charge in [-0.25, -0.2) is 4.39 Å². The van der Waals surface area contributed by atoms with Gasteiger partial charge in [0, 0.05) is 4.90 Å². The van der Waals surface area contributed by atoms with Crippen LogP contribution in [0.15, 0.2) is 53.4 Å². The summed E-state index contributed by atoms with van der Waals surface area (Å²) in [7, 11) is 0. The monoisotopic (exact) mass is 275 g/mol. The molecule has 2 rings (SSSR count). The molecule has 4 heteroatoms. The van der Waals surface area contributed by atoms with E-state index in [2.05, 4.69) is 5.32 Å². The van der Waals surface area contributed by atoms with Crippen molar-refractivity contribution in [3.05, 3.63) is 65.5 Å². The Morgan fingerprint density at radius 1 is 1.11 bits per heavy atom. The van der Waals surface area contributed by atoms with E-state index in [1.165, 1.54) is 29.5 Å². The molecule has 0 radical (unpaired) electrons. The first-order chi connectivity index (χ1) is 9.19. The smallest absolute Gasteiger partial charge is 0.208 e. The van der Waals surface area contributed by atoms with E-state index in [1.807, 2.05) is 31.2 Å². The number of benzene rings is 2. The molecule has 2 nitrogen and oxygen atoms in total. The fourth-order valence-corrected chi connectivity index (χ4v) is 2.63. The maximum Gasteiger partial charge on any atom is 0.208 e. The first-order valence-corrected chi connectivity index (χ1v) is 6.75. The van der Waals surface area contributed by atoms with Gasteiger partial charge in [0.25, 0.3) is 0 Å². The van der Waals surface area contributed by atoms with Gasteiger partial charge in [0.2, 0.25) is 6.41 Å². The molecule has 0 aliphatic rings. The SMILES string of the molecule is Cc1ccc(S[C@H](NC=O)c2ccc(F)cc2)cc1. The summed E-state index contributed by atoms with van der Waals surface area (Å²) in [6.07, 6.45) is 0.662. The number of hydrogen-bond acceptors (Lipinski definition) is 2. The maximum atomic E-state index is 12.9. The first-order valence-electron chi connectivity index (χ1n) is 5.87. The highest BCUT2D eigenvalue weighted by Crippen LogP contribution is 2.32. The standard InChI is InChI=1S/C15H14FNOS/c1-11-2-8-14(9-3-11)19-15(17-10-18)12-4-6-13(16)7-5-12/h2-10,15H,1H3,(H,17,18)/t15-/m0/s1. The Hall–Kier alpha value is -1.81. The molecule has 1 atom stereocenters. The van der Waals surface area contributed by atoms with E-state index < -0.39 is 0 Å². The van der Waals surface area contributed by atoms with Gasteiger partial charge in [0.05, 0.1) is 0 Å². The zero-order valence-corrected chi connectivity index (χ0v) is 11.3. The molecule has 98 valence electrons. The molecule has 0 aromatic heterocycles. The van der Waals surface area contributed by atoms with Gasteiger partial charge in [0.1, 0.15) is 11.2 Å². The van der Waals surface area contributed by atoms with Crippen LogP contribution in [0.1, 0.15) is 16.5 Å². The van der Waals surface area contributed by atoms with Crippen LogP contribution >= 0.6 is 11.8 Å². The average molecular weight is 275 g/mol. The third kappa shape index (κ3) is 3.83. The normalized spacial score (nSPS) is 11.9. The van der Waals surface area contributed by atoms with Gasteiger partial charge in [-0.3, -0.25) is 4.79 Å². The summed E-state index contributed by atoms with van der Waals surface area (Å²) in [6.45, 7) is 2.02. The lowest BCUT2D eigenvalue weighted by Gasteiger charge is -2.16. The minimum absolute atomic E-state index is 0.221. The minimum atomic E-state index is -0.283. The molecular weight excluding hydrogens is 261 g/mol. The Morgan fingerprint density at radius 3 is 2.32 bits per heavy atom. The summed E-state index contributed by atoms with van der Waals surface area (Å²) in [5, 5.41) is 2.52. The van der Waals surface area contributed by atoms with E-state index in [0.717, 1.165) is 10.5 Å². The van der Waals surface area contributed by atoms with Crippen LogP contribution < -0.4 is 5.32 Å². The number of rotatable bonds is 5. The van der Waals surface area contributed by atoms with Gasteiger partial charge in [-0.2, -0.15) is 0 Å². The van der Waals surface area contributed by atoms with Crippen LogP contribution in [0.5, 0.6) is 0 Å². The minimum Gasteiger partial charge on any atom is -0.342 e. The highest BCUT2D eigenvalue weighted by atomic mass is 32.2. The fraction of sp³-hybridized carbons (Fsp3) is 0.133. The molecule has 1 N–H and O–H groups in total. The largest absolute Gasteiger partial charge is 0.342 e. The summed E-state index contributed by atoms with van der Waals surface area (Å²) in [5.41, 5.74) is 2.05. The summed E-state index contributed by atoms with van der Waals surface area (Å²) in [4.78, 5) is 11.8. The van der Waals surface area contributed by atoms with Crippen LogP contribution in [0.2, 0.25) is 0 Å². The Balaban J connectivity index is 2.18. The molecule has 19 heavy (non-hydrogen) atoms. The van der Waals surface area contributed by atoms with Crippen molar-refractivity contribution in [1.29, 1.82) is 0 Å². The Labute approximate surface area is 116 Å². The zero-order chi connectivity index (χ0) is 13.7. The first kappa shape index (κ1) is 13.6. The molecule has 0 heterocycles. The van der Waals surface area contributed by atoms with Crippen molar-refractivity contribution >= 4 is 18.2 Å². The van der Waals surface area contributed by atoms with E-state index in [4.69, 9.17) is 0 Å². The predicted molar refractivity (Wildman–Crippen MR) is 75.4 cm³/mol.